The largest absolute Gasteiger partial charge is 0.348 e. The summed E-state index contributed by atoms with van der Waals surface area (Å²) in [6.07, 6.45) is 15.5. The van der Waals surface area contributed by atoms with Crippen LogP contribution in [0.4, 0.5) is 13.2 Å². The predicted octanol–water partition coefficient (Wildman–Crippen LogP) is 11.1. The molecule has 42 heavy (non-hydrogen) atoms. The highest BCUT2D eigenvalue weighted by Gasteiger charge is 2.25. The van der Waals surface area contributed by atoms with E-state index in [9.17, 15) is 8.78 Å². The summed E-state index contributed by atoms with van der Waals surface area (Å²) in [5, 5.41) is 0. The number of ether oxygens (including phenoxy) is 2. The first-order valence-corrected chi connectivity index (χ1v) is 15.8. The fourth-order valence-electron chi connectivity index (χ4n) is 5.48. The maximum Gasteiger partial charge on any atom is 0.186 e. The van der Waals surface area contributed by atoms with Gasteiger partial charge in [0, 0.05) is 17.0 Å². The van der Waals surface area contributed by atoms with Crippen LogP contribution in [0.25, 0.3) is 22.3 Å². The topological polar surface area (TPSA) is 18.5 Å². The number of allylic oxidation sites excluding steroid dienone is 2. The van der Waals surface area contributed by atoms with E-state index in [1.165, 1.54) is 51.0 Å². The SMILES string of the molecule is CCC/C=C\Cc1ccc(-c2ccc(-c3ccc(C4OCC(CCCCCCCCC)CO4)c(F)c3)cc2)c(F)c1F. The molecule has 1 aliphatic heterocycles. The zero-order valence-corrected chi connectivity index (χ0v) is 25.1. The van der Waals surface area contributed by atoms with Gasteiger partial charge in [0.15, 0.2) is 17.9 Å². The lowest BCUT2D eigenvalue weighted by atomic mass is 9.97. The van der Waals surface area contributed by atoms with E-state index in [4.69, 9.17) is 9.47 Å². The summed E-state index contributed by atoms with van der Waals surface area (Å²) in [6, 6.07) is 15.3. The third-order valence-electron chi connectivity index (χ3n) is 8.09. The Kier molecular flexibility index (Phi) is 12.7. The molecule has 2 nitrogen and oxygen atoms in total. The maximum absolute atomic E-state index is 15.1. The molecule has 0 spiro atoms. The molecule has 226 valence electrons. The minimum atomic E-state index is -0.850. The van der Waals surface area contributed by atoms with Crippen molar-refractivity contribution in [3.05, 3.63) is 95.3 Å². The molecular formula is C37H45F3O2. The molecule has 0 unspecified atom stereocenters. The molecule has 0 bridgehead atoms. The van der Waals surface area contributed by atoms with E-state index >= 15 is 4.39 Å². The number of rotatable bonds is 15. The number of benzene rings is 3. The van der Waals surface area contributed by atoms with Gasteiger partial charge >= 0.3 is 0 Å². The molecule has 3 aromatic carbocycles. The zero-order chi connectivity index (χ0) is 29.7. The van der Waals surface area contributed by atoms with Gasteiger partial charge in [-0.1, -0.05) is 126 Å². The molecule has 4 rings (SSSR count). The second-order valence-corrected chi connectivity index (χ2v) is 11.5. The van der Waals surface area contributed by atoms with Crippen LogP contribution in [0.5, 0.6) is 0 Å². The van der Waals surface area contributed by atoms with Gasteiger partial charge in [0.25, 0.3) is 0 Å². The van der Waals surface area contributed by atoms with Gasteiger partial charge in [0.1, 0.15) is 5.82 Å². The Morgan fingerprint density at radius 1 is 0.690 bits per heavy atom. The minimum absolute atomic E-state index is 0.207. The highest BCUT2D eigenvalue weighted by atomic mass is 19.2. The Labute approximate surface area is 250 Å². The average Bonchev–Trinajstić information content (AvgIpc) is 3.01. The summed E-state index contributed by atoms with van der Waals surface area (Å²) in [7, 11) is 0. The van der Waals surface area contributed by atoms with E-state index < -0.39 is 17.9 Å². The van der Waals surface area contributed by atoms with Crippen LogP contribution in [0, 0.1) is 23.4 Å². The van der Waals surface area contributed by atoms with Gasteiger partial charge in [-0.3, -0.25) is 0 Å². The normalized spacial score (nSPS) is 17.3. The highest BCUT2D eigenvalue weighted by molar-refractivity contribution is 5.71. The fraction of sp³-hybridized carbons (Fsp3) is 0.459. The second-order valence-electron chi connectivity index (χ2n) is 11.5. The third kappa shape index (κ3) is 8.81. The van der Waals surface area contributed by atoms with Crippen molar-refractivity contribution >= 4 is 0 Å². The van der Waals surface area contributed by atoms with Crippen LogP contribution in [-0.2, 0) is 15.9 Å². The molecule has 0 aromatic heterocycles. The van der Waals surface area contributed by atoms with E-state index in [0.29, 0.717) is 47.8 Å². The van der Waals surface area contributed by atoms with Gasteiger partial charge in [0.2, 0.25) is 0 Å². The lowest BCUT2D eigenvalue weighted by Crippen LogP contribution is -2.27. The molecule has 3 aromatic rings. The van der Waals surface area contributed by atoms with Crippen LogP contribution in [0.15, 0.2) is 66.7 Å². The van der Waals surface area contributed by atoms with E-state index in [0.717, 1.165) is 24.8 Å². The lowest BCUT2D eigenvalue weighted by molar-refractivity contribution is -0.207. The Morgan fingerprint density at radius 2 is 1.36 bits per heavy atom. The molecule has 1 fully saturated rings. The molecule has 0 atom stereocenters. The number of hydrogen-bond donors (Lipinski definition) is 0. The van der Waals surface area contributed by atoms with Crippen LogP contribution < -0.4 is 0 Å². The van der Waals surface area contributed by atoms with Gasteiger partial charge in [-0.2, -0.15) is 0 Å². The molecule has 0 amide bonds. The second kappa shape index (κ2) is 16.7. The Morgan fingerprint density at radius 3 is 2.05 bits per heavy atom. The number of halogens is 3. The summed E-state index contributed by atoms with van der Waals surface area (Å²) in [5.74, 6) is -1.69. The van der Waals surface area contributed by atoms with Crippen molar-refractivity contribution in [2.75, 3.05) is 13.2 Å². The van der Waals surface area contributed by atoms with E-state index in [2.05, 4.69) is 13.8 Å². The Hall–Kier alpha value is -2.89. The molecular weight excluding hydrogens is 533 g/mol. The zero-order valence-electron chi connectivity index (χ0n) is 25.1. The Balaban J connectivity index is 1.32. The molecule has 0 N–H and O–H groups in total. The first kappa shape index (κ1) is 32.0. The molecule has 0 saturated carbocycles. The van der Waals surface area contributed by atoms with Crippen molar-refractivity contribution in [3.8, 4) is 22.3 Å². The van der Waals surface area contributed by atoms with E-state index in [1.807, 2.05) is 18.2 Å². The van der Waals surface area contributed by atoms with Crippen LogP contribution in [0.3, 0.4) is 0 Å². The fourth-order valence-corrected chi connectivity index (χ4v) is 5.48. The van der Waals surface area contributed by atoms with Crippen molar-refractivity contribution in [2.24, 2.45) is 5.92 Å². The summed E-state index contributed by atoms with van der Waals surface area (Å²) >= 11 is 0. The Bertz CT molecular complexity index is 1280. The number of unbranched alkanes of at least 4 members (excludes halogenated alkanes) is 7. The highest BCUT2D eigenvalue weighted by Crippen LogP contribution is 2.33. The van der Waals surface area contributed by atoms with E-state index in [-0.39, 0.29) is 11.4 Å². The van der Waals surface area contributed by atoms with Crippen molar-refractivity contribution in [3.63, 3.8) is 0 Å². The molecule has 0 aliphatic carbocycles. The van der Waals surface area contributed by atoms with Crippen LogP contribution >= 0.6 is 0 Å². The standard InChI is InChI=1S/C37H45F3O2/c1-3-5-7-9-10-11-12-14-27-25-41-37(42-26-27)33-23-21-31(24-34(33)38)28-16-18-29(19-17-28)32-22-20-30(35(39)36(32)40)15-13-8-6-4-2/h8,13,16-24,27,37H,3-7,9-12,14-15,25-26H2,1-2H3/b13-8-. The molecule has 1 aliphatic rings. The van der Waals surface area contributed by atoms with Gasteiger partial charge in [-0.25, -0.2) is 13.2 Å². The van der Waals surface area contributed by atoms with Crippen LogP contribution in [0.1, 0.15) is 95.5 Å². The maximum atomic E-state index is 15.1. The van der Waals surface area contributed by atoms with Crippen LogP contribution in [0.2, 0.25) is 0 Å². The van der Waals surface area contributed by atoms with Gasteiger partial charge < -0.3 is 9.47 Å². The molecule has 1 saturated heterocycles. The van der Waals surface area contributed by atoms with Gasteiger partial charge in [0.05, 0.1) is 13.2 Å². The summed E-state index contributed by atoms with van der Waals surface area (Å²) in [4.78, 5) is 0. The van der Waals surface area contributed by atoms with Crippen LogP contribution in [-0.4, -0.2) is 13.2 Å². The van der Waals surface area contributed by atoms with Gasteiger partial charge in [-0.15, -0.1) is 0 Å². The minimum Gasteiger partial charge on any atom is -0.348 e. The summed E-state index contributed by atoms with van der Waals surface area (Å²) in [6.45, 7) is 5.47. The molecule has 5 heteroatoms. The first-order chi connectivity index (χ1) is 20.5. The monoisotopic (exact) mass is 578 g/mol. The quantitative estimate of drug-likeness (QED) is 0.132. The van der Waals surface area contributed by atoms with Gasteiger partial charge in [-0.05, 0) is 47.6 Å². The van der Waals surface area contributed by atoms with Crippen molar-refractivity contribution in [2.45, 2.75) is 90.8 Å². The summed E-state index contributed by atoms with van der Waals surface area (Å²) < 4.78 is 56.6. The first-order valence-electron chi connectivity index (χ1n) is 15.8. The van der Waals surface area contributed by atoms with Crippen molar-refractivity contribution < 1.29 is 22.6 Å². The summed E-state index contributed by atoms with van der Waals surface area (Å²) in [5.41, 5.74) is 2.98. The third-order valence-corrected chi connectivity index (χ3v) is 8.09. The van der Waals surface area contributed by atoms with Crippen molar-refractivity contribution in [1.82, 2.24) is 0 Å². The van der Waals surface area contributed by atoms with E-state index in [1.54, 1.807) is 42.5 Å². The predicted molar refractivity (Wildman–Crippen MR) is 166 cm³/mol. The average molecular weight is 579 g/mol. The van der Waals surface area contributed by atoms with Crippen molar-refractivity contribution in [1.29, 1.82) is 0 Å². The number of hydrogen-bond acceptors (Lipinski definition) is 2. The smallest absolute Gasteiger partial charge is 0.186 e. The molecule has 0 radical (unpaired) electrons. The lowest BCUT2D eigenvalue weighted by Gasteiger charge is -2.30. The molecule has 1 heterocycles.